The number of hydrogen-bond donors (Lipinski definition) is 1. The first-order chi connectivity index (χ1) is 9.59. The van der Waals surface area contributed by atoms with Crippen molar-refractivity contribution in [1.82, 2.24) is 10.2 Å². The molecule has 0 fully saturated rings. The number of likely N-dealkylation sites (N-methyl/N-ethyl adjacent to an activating group) is 1. The van der Waals surface area contributed by atoms with Crippen molar-refractivity contribution < 1.29 is 4.79 Å². The highest BCUT2D eigenvalue weighted by molar-refractivity contribution is 9.10. The van der Waals surface area contributed by atoms with Gasteiger partial charge in [0.2, 0.25) is 0 Å². The van der Waals surface area contributed by atoms with Gasteiger partial charge in [-0.1, -0.05) is 12.1 Å². The lowest BCUT2D eigenvalue weighted by Crippen LogP contribution is -2.34. The molecule has 0 unspecified atom stereocenters. The summed E-state index contributed by atoms with van der Waals surface area (Å²) in [7, 11) is 4.04. The van der Waals surface area contributed by atoms with Gasteiger partial charge < -0.3 is 10.2 Å². The van der Waals surface area contributed by atoms with Crippen molar-refractivity contribution >= 4 is 33.2 Å². The van der Waals surface area contributed by atoms with Crippen LogP contribution in [0.3, 0.4) is 0 Å². The minimum Gasteiger partial charge on any atom is -0.350 e. The average Bonchev–Trinajstić information content (AvgIpc) is 2.92. The maximum atomic E-state index is 12.2. The van der Waals surface area contributed by atoms with Gasteiger partial charge in [-0.25, -0.2) is 0 Å². The number of nitrogens with one attached hydrogen (secondary N) is 1. The number of thiophene rings is 1. The zero-order chi connectivity index (χ0) is 14.5. The lowest BCUT2D eigenvalue weighted by molar-refractivity contribution is 0.0941. The summed E-state index contributed by atoms with van der Waals surface area (Å²) < 4.78 is 0.814. The summed E-state index contributed by atoms with van der Waals surface area (Å²) in [5.41, 5.74) is 1.89. The molecule has 2 rings (SSSR count). The fraction of sp³-hybridized carbons (Fsp3) is 0.267. The van der Waals surface area contributed by atoms with E-state index >= 15 is 0 Å². The number of rotatable bonds is 5. The summed E-state index contributed by atoms with van der Waals surface area (Å²) in [6.45, 7) is 0.587. The van der Waals surface area contributed by atoms with Gasteiger partial charge in [-0.15, -0.1) is 0 Å². The molecule has 2 aromatic rings. The Bertz CT molecular complexity index is 569. The molecule has 1 amide bonds. The Balaban J connectivity index is 2.03. The van der Waals surface area contributed by atoms with Crippen LogP contribution in [0.25, 0.3) is 0 Å². The van der Waals surface area contributed by atoms with Crippen molar-refractivity contribution in [1.29, 1.82) is 0 Å². The lowest BCUT2D eigenvalue weighted by Gasteiger charge is -2.24. The second-order valence-corrected chi connectivity index (χ2v) is 6.36. The summed E-state index contributed by atoms with van der Waals surface area (Å²) in [4.78, 5) is 14.3. The van der Waals surface area contributed by atoms with Crippen LogP contribution in [0.1, 0.15) is 22.0 Å². The number of carbonyl (C=O) groups is 1. The van der Waals surface area contributed by atoms with Crippen LogP contribution in [0, 0.1) is 0 Å². The summed E-state index contributed by atoms with van der Waals surface area (Å²) in [5.74, 6) is -0.0560. The van der Waals surface area contributed by atoms with E-state index in [9.17, 15) is 4.79 Å². The summed E-state index contributed by atoms with van der Waals surface area (Å²) in [6.07, 6.45) is 0. The van der Waals surface area contributed by atoms with E-state index in [0.717, 1.165) is 4.47 Å². The molecule has 3 nitrogen and oxygen atoms in total. The number of halogens is 1. The van der Waals surface area contributed by atoms with Gasteiger partial charge in [0.05, 0.1) is 11.6 Å². The summed E-state index contributed by atoms with van der Waals surface area (Å²) in [6, 6.07) is 9.73. The van der Waals surface area contributed by atoms with Crippen LogP contribution in [0.2, 0.25) is 0 Å². The van der Waals surface area contributed by atoms with Crippen LogP contribution < -0.4 is 5.32 Å². The molecule has 0 bridgehead atoms. The quantitative estimate of drug-likeness (QED) is 0.892. The van der Waals surface area contributed by atoms with Gasteiger partial charge in [-0.3, -0.25) is 4.79 Å². The van der Waals surface area contributed by atoms with Gasteiger partial charge in [0.25, 0.3) is 5.91 Å². The molecule has 0 aliphatic carbocycles. The van der Waals surface area contributed by atoms with Gasteiger partial charge in [0.1, 0.15) is 0 Å². The fourth-order valence-electron chi connectivity index (χ4n) is 1.99. The van der Waals surface area contributed by atoms with Gasteiger partial charge >= 0.3 is 0 Å². The molecule has 1 aromatic carbocycles. The second-order valence-electron chi connectivity index (χ2n) is 4.73. The highest BCUT2D eigenvalue weighted by Gasteiger charge is 2.16. The topological polar surface area (TPSA) is 32.3 Å². The maximum Gasteiger partial charge on any atom is 0.252 e. The van der Waals surface area contributed by atoms with Crippen LogP contribution in [-0.2, 0) is 0 Å². The van der Waals surface area contributed by atoms with Gasteiger partial charge in [0.15, 0.2) is 0 Å². The van der Waals surface area contributed by atoms with E-state index < -0.39 is 0 Å². The molecule has 0 saturated heterocycles. The SMILES string of the molecule is CN(C)[C@H](CNC(=O)c1ccccc1Br)c1ccsc1. The Hall–Kier alpha value is -1.17. The third kappa shape index (κ3) is 3.69. The Labute approximate surface area is 131 Å². The smallest absolute Gasteiger partial charge is 0.252 e. The molecule has 106 valence electrons. The first-order valence-electron chi connectivity index (χ1n) is 6.31. The molecule has 1 atom stereocenters. The lowest BCUT2D eigenvalue weighted by atomic mass is 10.1. The van der Waals surface area contributed by atoms with Gasteiger partial charge in [0, 0.05) is 11.0 Å². The monoisotopic (exact) mass is 352 g/mol. The van der Waals surface area contributed by atoms with Crippen LogP contribution in [-0.4, -0.2) is 31.4 Å². The van der Waals surface area contributed by atoms with Crippen molar-refractivity contribution in [2.75, 3.05) is 20.6 Å². The maximum absolute atomic E-state index is 12.2. The highest BCUT2D eigenvalue weighted by atomic mass is 79.9. The third-order valence-corrected chi connectivity index (χ3v) is 4.52. The standard InChI is InChI=1S/C15H17BrN2OS/c1-18(2)14(11-7-8-20-10-11)9-17-15(19)12-5-3-4-6-13(12)16/h3-8,10,14H,9H2,1-2H3,(H,17,19)/t14-/m1/s1. The molecule has 0 radical (unpaired) electrons. The first-order valence-corrected chi connectivity index (χ1v) is 8.04. The molecule has 0 aliphatic rings. The van der Waals surface area contributed by atoms with Crippen molar-refractivity contribution in [3.63, 3.8) is 0 Å². The Kier molecular flexibility index (Phi) is 5.34. The minimum absolute atomic E-state index is 0.0560. The Morgan fingerprint density at radius 2 is 2.10 bits per heavy atom. The second kappa shape index (κ2) is 7.02. The van der Waals surface area contributed by atoms with Crippen LogP contribution in [0.5, 0.6) is 0 Å². The van der Waals surface area contributed by atoms with Crippen LogP contribution in [0.4, 0.5) is 0 Å². The van der Waals surface area contributed by atoms with Gasteiger partial charge in [-0.05, 0) is 64.5 Å². The average molecular weight is 353 g/mol. The molecule has 1 heterocycles. The van der Waals surface area contributed by atoms with E-state index in [1.165, 1.54) is 5.56 Å². The van der Waals surface area contributed by atoms with Gasteiger partial charge in [-0.2, -0.15) is 11.3 Å². The first kappa shape index (κ1) is 15.2. The zero-order valence-corrected chi connectivity index (χ0v) is 13.9. The number of nitrogens with zero attached hydrogens (tertiary/aromatic N) is 1. The predicted molar refractivity (Wildman–Crippen MR) is 87.2 cm³/mol. The molecule has 0 spiro atoms. The summed E-state index contributed by atoms with van der Waals surface area (Å²) in [5, 5.41) is 7.18. The van der Waals surface area contributed by atoms with E-state index in [4.69, 9.17) is 0 Å². The van der Waals surface area contributed by atoms with Crippen molar-refractivity contribution in [2.45, 2.75) is 6.04 Å². The van der Waals surface area contributed by atoms with E-state index in [-0.39, 0.29) is 11.9 Å². The molecular weight excluding hydrogens is 336 g/mol. The molecular formula is C15H17BrN2OS. The Morgan fingerprint density at radius 1 is 1.35 bits per heavy atom. The zero-order valence-electron chi connectivity index (χ0n) is 11.5. The molecule has 1 N–H and O–H groups in total. The number of benzene rings is 1. The van der Waals surface area contributed by atoms with E-state index in [2.05, 4.69) is 43.0 Å². The predicted octanol–water partition coefficient (Wildman–Crippen LogP) is 3.54. The molecule has 0 saturated carbocycles. The van der Waals surface area contributed by atoms with E-state index in [1.807, 2.05) is 38.4 Å². The molecule has 20 heavy (non-hydrogen) atoms. The fourth-order valence-corrected chi connectivity index (χ4v) is 3.17. The van der Waals surface area contributed by atoms with Crippen LogP contribution in [0.15, 0.2) is 45.6 Å². The van der Waals surface area contributed by atoms with Crippen molar-refractivity contribution in [3.8, 4) is 0 Å². The van der Waals surface area contributed by atoms with Crippen molar-refractivity contribution in [3.05, 3.63) is 56.7 Å². The van der Waals surface area contributed by atoms with Crippen molar-refractivity contribution in [2.24, 2.45) is 0 Å². The largest absolute Gasteiger partial charge is 0.350 e. The molecule has 1 aromatic heterocycles. The Morgan fingerprint density at radius 3 is 2.70 bits per heavy atom. The summed E-state index contributed by atoms with van der Waals surface area (Å²) >= 11 is 5.07. The number of hydrogen-bond acceptors (Lipinski definition) is 3. The minimum atomic E-state index is -0.0560. The van der Waals surface area contributed by atoms with E-state index in [1.54, 1.807) is 11.3 Å². The number of amides is 1. The third-order valence-electron chi connectivity index (χ3n) is 3.13. The molecule has 0 aliphatic heterocycles. The highest BCUT2D eigenvalue weighted by Crippen LogP contribution is 2.21. The van der Waals surface area contributed by atoms with E-state index in [0.29, 0.717) is 12.1 Å². The van der Waals surface area contributed by atoms with Crippen LogP contribution >= 0.6 is 27.3 Å². The molecule has 5 heteroatoms. The number of carbonyl (C=O) groups excluding carboxylic acids is 1. The normalized spacial score (nSPS) is 12.4.